The lowest BCUT2D eigenvalue weighted by atomic mass is 9.92. The first-order chi connectivity index (χ1) is 15.3. The van der Waals surface area contributed by atoms with E-state index in [9.17, 15) is 4.79 Å². The summed E-state index contributed by atoms with van der Waals surface area (Å²) in [4.78, 5) is 16.8. The van der Waals surface area contributed by atoms with Gasteiger partial charge < -0.3 is 10.2 Å². The lowest BCUT2D eigenvalue weighted by molar-refractivity contribution is -0.127. The number of carbonyl (C=O) groups is 1. The molecule has 7 nitrogen and oxygen atoms in total. The van der Waals surface area contributed by atoms with Gasteiger partial charge in [0.05, 0.1) is 6.54 Å². The summed E-state index contributed by atoms with van der Waals surface area (Å²) in [5.41, 5.74) is 1.00. The van der Waals surface area contributed by atoms with Crippen molar-refractivity contribution in [3.63, 3.8) is 0 Å². The number of aryl methyl sites for hydroxylation is 1. The lowest BCUT2D eigenvalue weighted by Crippen LogP contribution is -2.44. The Morgan fingerprint density at radius 3 is 2.45 bits per heavy atom. The maximum atomic E-state index is 12.6. The maximum absolute atomic E-state index is 12.6. The molecule has 2 heterocycles. The van der Waals surface area contributed by atoms with Gasteiger partial charge in [-0.25, -0.2) is 0 Å². The first-order valence-corrected chi connectivity index (χ1v) is 12.1. The highest BCUT2D eigenvalue weighted by atomic mass is 16.1. The normalized spacial score (nSPS) is 18.8. The van der Waals surface area contributed by atoms with Crippen LogP contribution in [-0.2, 0) is 11.3 Å². The van der Waals surface area contributed by atoms with Crippen molar-refractivity contribution in [2.75, 3.05) is 19.6 Å². The minimum atomic E-state index is 0.218. The number of hydrogen-bond acceptors (Lipinski definition) is 5. The third kappa shape index (κ3) is 6.60. The lowest BCUT2D eigenvalue weighted by Gasteiger charge is -2.32. The predicted octanol–water partition coefficient (Wildman–Crippen LogP) is 3.67. The zero-order valence-electron chi connectivity index (χ0n) is 18.6. The van der Waals surface area contributed by atoms with Crippen molar-refractivity contribution >= 4 is 5.91 Å². The quantitative estimate of drug-likeness (QED) is 0.622. The Labute approximate surface area is 185 Å². The van der Waals surface area contributed by atoms with E-state index in [1.807, 2.05) is 30.3 Å². The van der Waals surface area contributed by atoms with Crippen molar-refractivity contribution < 1.29 is 4.79 Å². The number of aromatic nitrogens is 4. The molecule has 0 unspecified atom stereocenters. The van der Waals surface area contributed by atoms with Gasteiger partial charge in [0, 0.05) is 17.5 Å². The van der Waals surface area contributed by atoms with E-state index < -0.39 is 0 Å². The molecule has 4 rings (SSSR count). The fraction of sp³-hybridized carbons (Fsp3) is 0.667. The van der Waals surface area contributed by atoms with Crippen molar-refractivity contribution in [1.82, 2.24) is 30.4 Å². The van der Waals surface area contributed by atoms with Gasteiger partial charge in [-0.05, 0) is 63.4 Å². The number of rotatable bonds is 9. The molecule has 2 aromatic rings. The zero-order valence-corrected chi connectivity index (χ0v) is 18.6. The van der Waals surface area contributed by atoms with E-state index in [-0.39, 0.29) is 5.92 Å². The number of benzene rings is 1. The molecule has 1 aliphatic heterocycles. The molecule has 1 saturated carbocycles. The summed E-state index contributed by atoms with van der Waals surface area (Å²) in [5.74, 6) is 1.22. The van der Waals surface area contributed by atoms with E-state index in [2.05, 4.69) is 25.6 Å². The largest absolute Gasteiger partial charge is 0.353 e. The van der Waals surface area contributed by atoms with Crippen molar-refractivity contribution in [1.29, 1.82) is 0 Å². The fourth-order valence-corrected chi connectivity index (χ4v) is 4.79. The van der Waals surface area contributed by atoms with Crippen LogP contribution in [-0.4, -0.2) is 56.7 Å². The van der Waals surface area contributed by atoms with E-state index in [1.165, 1.54) is 38.5 Å². The molecular weight excluding hydrogens is 388 g/mol. The number of nitrogens with one attached hydrogen (secondary N) is 1. The maximum Gasteiger partial charge on any atom is 0.223 e. The summed E-state index contributed by atoms with van der Waals surface area (Å²) in [7, 11) is 0. The Balaban J connectivity index is 1.08. The van der Waals surface area contributed by atoms with Gasteiger partial charge in [-0.3, -0.25) is 4.79 Å². The molecule has 0 spiro atoms. The van der Waals surface area contributed by atoms with E-state index >= 15 is 0 Å². The summed E-state index contributed by atoms with van der Waals surface area (Å²) >= 11 is 0. The van der Waals surface area contributed by atoms with Crippen LogP contribution in [0.4, 0.5) is 0 Å². The van der Waals surface area contributed by atoms with Crippen LogP contribution in [0.2, 0.25) is 0 Å². The highest BCUT2D eigenvalue weighted by Crippen LogP contribution is 2.21. The standard InChI is InChI=1S/C24H36N6O/c31-24(25-22-12-6-2-7-13-22)21-14-18-29(19-15-21)16-8-3-9-17-30-27-23(26-28-30)20-10-4-1-5-11-20/h1,4-5,10-11,21-22H,2-3,6-9,12-19H2,(H,25,31). The third-order valence-electron chi connectivity index (χ3n) is 6.73. The second kappa shape index (κ2) is 11.4. The molecule has 0 bridgehead atoms. The summed E-state index contributed by atoms with van der Waals surface area (Å²) in [5, 5.41) is 16.1. The SMILES string of the molecule is O=C(NC1CCCCC1)C1CCN(CCCCCn2nnc(-c3ccccc3)n2)CC1. The van der Waals surface area contributed by atoms with E-state index in [0.717, 1.165) is 57.4 Å². The zero-order chi connectivity index (χ0) is 21.3. The number of piperidine rings is 1. The van der Waals surface area contributed by atoms with Crippen LogP contribution in [0.5, 0.6) is 0 Å². The number of amides is 1. The number of tetrazole rings is 1. The molecule has 31 heavy (non-hydrogen) atoms. The van der Waals surface area contributed by atoms with Gasteiger partial charge in [0.15, 0.2) is 0 Å². The highest BCUT2D eigenvalue weighted by Gasteiger charge is 2.26. The first kappa shape index (κ1) is 21.9. The number of carbonyl (C=O) groups excluding carboxylic acids is 1. The Kier molecular flexibility index (Phi) is 8.04. The molecule has 7 heteroatoms. The van der Waals surface area contributed by atoms with Gasteiger partial charge in [0.2, 0.25) is 11.7 Å². The van der Waals surface area contributed by atoms with Gasteiger partial charge in [-0.1, -0.05) is 56.0 Å². The Hall–Kier alpha value is -2.28. The summed E-state index contributed by atoms with van der Waals surface area (Å²) in [6.45, 7) is 4.03. The molecule has 168 valence electrons. The average Bonchev–Trinajstić information content (AvgIpc) is 3.29. The molecule has 2 aliphatic rings. The highest BCUT2D eigenvalue weighted by molar-refractivity contribution is 5.79. The average molecular weight is 425 g/mol. The van der Waals surface area contributed by atoms with Crippen molar-refractivity contribution in [2.45, 2.75) is 76.8 Å². The second-order valence-electron chi connectivity index (χ2n) is 9.10. The van der Waals surface area contributed by atoms with Crippen molar-refractivity contribution in [3.8, 4) is 11.4 Å². The fourth-order valence-electron chi connectivity index (χ4n) is 4.79. The molecule has 0 atom stereocenters. The molecular formula is C24H36N6O. The van der Waals surface area contributed by atoms with Crippen LogP contribution in [0.15, 0.2) is 30.3 Å². The minimum absolute atomic E-state index is 0.218. The van der Waals surface area contributed by atoms with Crippen molar-refractivity contribution in [2.24, 2.45) is 5.92 Å². The minimum Gasteiger partial charge on any atom is -0.353 e. The molecule has 1 N–H and O–H groups in total. The third-order valence-corrected chi connectivity index (χ3v) is 6.73. The number of hydrogen-bond donors (Lipinski definition) is 1. The molecule has 1 saturated heterocycles. The molecule has 0 radical (unpaired) electrons. The van der Waals surface area contributed by atoms with Gasteiger partial charge in [-0.2, -0.15) is 4.80 Å². The van der Waals surface area contributed by atoms with Crippen LogP contribution in [0, 0.1) is 5.92 Å². The molecule has 1 aromatic heterocycles. The molecule has 1 aliphatic carbocycles. The van der Waals surface area contributed by atoms with Gasteiger partial charge in [-0.15, -0.1) is 10.2 Å². The van der Waals surface area contributed by atoms with Crippen LogP contribution in [0.3, 0.4) is 0 Å². The Bertz CT molecular complexity index is 793. The predicted molar refractivity (Wildman–Crippen MR) is 121 cm³/mol. The molecule has 1 aromatic carbocycles. The van der Waals surface area contributed by atoms with E-state index in [4.69, 9.17) is 0 Å². The topological polar surface area (TPSA) is 75.9 Å². The van der Waals surface area contributed by atoms with E-state index in [1.54, 1.807) is 4.80 Å². The number of likely N-dealkylation sites (tertiary alicyclic amines) is 1. The van der Waals surface area contributed by atoms with Gasteiger partial charge in [0.1, 0.15) is 0 Å². The summed E-state index contributed by atoms with van der Waals surface area (Å²) in [6, 6.07) is 10.4. The smallest absolute Gasteiger partial charge is 0.223 e. The van der Waals surface area contributed by atoms with E-state index in [0.29, 0.717) is 17.8 Å². The first-order valence-electron chi connectivity index (χ1n) is 12.1. The summed E-state index contributed by atoms with van der Waals surface area (Å²) < 4.78 is 0. The molecule has 2 fully saturated rings. The number of unbranched alkanes of at least 4 members (excludes halogenated alkanes) is 2. The van der Waals surface area contributed by atoms with Gasteiger partial charge in [0.25, 0.3) is 0 Å². The van der Waals surface area contributed by atoms with Crippen molar-refractivity contribution in [3.05, 3.63) is 30.3 Å². The number of nitrogens with zero attached hydrogens (tertiary/aromatic N) is 5. The van der Waals surface area contributed by atoms with Crippen LogP contribution in [0.1, 0.15) is 64.2 Å². The monoisotopic (exact) mass is 424 g/mol. The molecule has 1 amide bonds. The second-order valence-corrected chi connectivity index (χ2v) is 9.10. The Morgan fingerprint density at radius 2 is 1.68 bits per heavy atom. The van der Waals surface area contributed by atoms with Crippen LogP contribution < -0.4 is 5.32 Å². The Morgan fingerprint density at radius 1 is 0.935 bits per heavy atom. The summed E-state index contributed by atoms with van der Waals surface area (Å²) in [6.07, 6.45) is 11.6. The van der Waals surface area contributed by atoms with Crippen LogP contribution in [0.25, 0.3) is 11.4 Å². The van der Waals surface area contributed by atoms with Gasteiger partial charge >= 0.3 is 0 Å². The van der Waals surface area contributed by atoms with Crippen LogP contribution >= 0.6 is 0 Å².